The highest BCUT2D eigenvalue weighted by atomic mass is 35.5. The van der Waals surface area contributed by atoms with E-state index < -0.39 is 21.7 Å². The maximum atomic E-state index is 15.0. The van der Waals surface area contributed by atoms with E-state index in [0.29, 0.717) is 36.1 Å². The van der Waals surface area contributed by atoms with Gasteiger partial charge in [0.25, 0.3) is 0 Å². The van der Waals surface area contributed by atoms with Crippen LogP contribution in [-0.2, 0) is 16.4 Å². The summed E-state index contributed by atoms with van der Waals surface area (Å²) in [5.74, 6) is -0.803. The van der Waals surface area contributed by atoms with Crippen molar-refractivity contribution in [3.05, 3.63) is 59.7 Å². The Labute approximate surface area is 164 Å². The van der Waals surface area contributed by atoms with Gasteiger partial charge in [-0.1, -0.05) is 30.3 Å². The minimum absolute atomic E-state index is 0. The van der Waals surface area contributed by atoms with Gasteiger partial charge >= 0.3 is 0 Å². The average Bonchev–Trinajstić information content (AvgIpc) is 3.03. The van der Waals surface area contributed by atoms with Crippen LogP contribution in [0.5, 0.6) is 0 Å². The van der Waals surface area contributed by atoms with Crippen molar-refractivity contribution in [1.82, 2.24) is 10.0 Å². The maximum Gasteiger partial charge on any atom is 0.211 e. The molecule has 0 aromatic heterocycles. The van der Waals surface area contributed by atoms with E-state index in [9.17, 15) is 17.2 Å². The molecule has 0 bridgehead atoms. The summed E-state index contributed by atoms with van der Waals surface area (Å²) in [5, 5.41) is 3.24. The summed E-state index contributed by atoms with van der Waals surface area (Å²) >= 11 is 0. The third kappa shape index (κ3) is 5.25. The van der Waals surface area contributed by atoms with Crippen LogP contribution < -0.4 is 10.0 Å². The molecule has 3 rings (SSSR count). The standard InChI is InChI=1S/C19H22F2N2O2S.ClH/c1-2-26(24,25)23-17-9-10-22-18(17)12-14-6-4-8-16(19(14)21)13-5-3-7-15(20)11-13;/h3-8,11,17-18,22-23H,2,9-10,12H2,1H3;1H/t17-,18-;/m0./s1. The molecule has 2 aromatic rings. The molecule has 1 heterocycles. The van der Waals surface area contributed by atoms with Crippen LogP contribution in [0.15, 0.2) is 42.5 Å². The van der Waals surface area contributed by atoms with E-state index in [4.69, 9.17) is 0 Å². The highest BCUT2D eigenvalue weighted by Crippen LogP contribution is 2.27. The first-order valence-electron chi connectivity index (χ1n) is 8.66. The Morgan fingerprint density at radius 2 is 1.93 bits per heavy atom. The van der Waals surface area contributed by atoms with E-state index >= 15 is 0 Å². The maximum absolute atomic E-state index is 15.0. The van der Waals surface area contributed by atoms with Crippen LogP contribution >= 0.6 is 12.4 Å². The van der Waals surface area contributed by atoms with E-state index in [1.54, 1.807) is 37.3 Å². The van der Waals surface area contributed by atoms with Crippen LogP contribution in [0.1, 0.15) is 18.9 Å². The molecule has 2 N–H and O–H groups in total. The van der Waals surface area contributed by atoms with Gasteiger partial charge in [0.1, 0.15) is 11.6 Å². The Kier molecular flexibility index (Phi) is 7.33. The van der Waals surface area contributed by atoms with Crippen LogP contribution in [0, 0.1) is 11.6 Å². The third-order valence-electron chi connectivity index (χ3n) is 4.71. The summed E-state index contributed by atoms with van der Waals surface area (Å²) in [5.41, 5.74) is 1.30. The summed E-state index contributed by atoms with van der Waals surface area (Å²) in [6, 6.07) is 10.4. The first-order chi connectivity index (χ1) is 12.4. The SMILES string of the molecule is CCS(=O)(=O)N[C@H]1CCN[C@H]1Cc1cccc(-c2cccc(F)c2)c1F.Cl. The lowest BCUT2D eigenvalue weighted by molar-refractivity contribution is 0.484. The molecule has 0 amide bonds. The topological polar surface area (TPSA) is 58.2 Å². The molecule has 4 nitrogen and oxygen atoms in total. The summed E-state index contributed by atoms with van der Waals surface area (Å²) in [7, 11) is -3.32. The normalized spacial score (nSPS) is 19.7. The van der Waals surface area contributed by atoms with Crippen molar-refractivity contribution in [1.29, 1.82) is 0 Å². The van der Waals surface area contributed by atoms with E-state index in [1.165, 1.54) is 12.1 Å². The minimum Gasteiger partial charge on any atom is -0.312 e. The Bertz CT molecular complexity index is 893. The van der Waals surface area contributed by atoms with Crippen molar-refractivity contribution < 1.29 is 17.2 Å². The van der Waals surface area contributed by atoms with Crippen molar-refractivity contribution in [2.24, 2.45) is 0 Å². The molecule has 2 atom stereocenters. The zero-order valence-corrected chi connectivity index (χ0v) is 16.5. The number of nitrogens with one attached hydrogen (secondary N) is 2. The zero-order valence-electron chi connectivity index (χ0n) is 14.9. The van der Waals surface area contributed by atoms with Gasteiger partial charge in [-0.2, -0.15) is 0 Å². The Hall–Kier alpha value is -1.54. The molecule has 8 heteroatoms. The molecule has 0 radical (unpaired) electrons. The summed E-state index contributed by atoms with van der Waals surface area (Å²) in [6.45, 7) is 2.26. The Morgan fingerprint density at radius 1 is 1.19 bits per heavy atom. The molecule has 0 spiro atoms. The molecule has 0 aliphatic carbocycles. The molecule has 2 aromatic carbocycles. The van der Waals surface area contributed by atoms with Crippen molar-refractivity contribution in [2.75, 3.05) is 12.3 Å². The molecule has 1 aliphatic heterocycles. The van der Waals surface area contributed by atoms with E-state index in [1.807, 2.05) is 0 Å². The quantitative estimate of drug-likeness (QED) is 0.759. The molecular weight excluding hydrogens is 394 g/mol. The highest BCUT2D eigenvalue weighted by molar-refractivity contribution is 7.89. The van der Waals surface area contributed by atoms with Crippen molar-refractivity contribution in [2.45, 2.75) is 31.8 Å². The second-order valence-corrected chi connectivity index (χ2v) is 8.51. The molecule has 1 fully saturated rings. The average molecular weight is 417 g/mol. The van der Waals surface area contributed by atoms with Gasteiger partial charge in [0, 0.05) is 17.6 Å². The molecular formula is C19H23ClF2N2O2S. The van der Waals surface area contributed by atoms with Crippen LogP contribution in [-0.4, -0.2) is 32.8 Å². The van der Waals surface area contributed by atoms with Crippen molar-refractivity contribution in [3.8, 4) is 11.1 Å². The minimum atomic E-state index is -3.32. The molecule has 148 valence electrons. The third-order valence-corrected chi connectivity index (χ3v) is 6.13. The number of hydrogen-bond donors (Lipinski definition) is 2. The van der Waals surface area contributed by atoms with Gasteiger partial charge in [-0.3, -0.25) is 0 Å². The molecule has 27 heavy (non-hydrogen) atoms. The van der Waals surface area contributed by atoms with Crippen LogP contribution in [0.4, 0.5) is 8.78 Å². The lowest BCUT2D eigenvalue weighted by Gasteiger charge is -2.21. The predicted octanol–water partition coefficient (Wildman–Crippen LogP) is 3.27. The lowest BCUT2D eigenvalue weighted by Crippen LogP contribution is -2.45. The molecule has 0 unspecified atom stereocenters. The van der Waals surface area contributed by atoms with Gasteiger partial charge in [-0.25, -0.2) is 21.9 Å². The molecule has 1 saturated heterocycles. The summed E-state index contributed by atoms with van der Waals surface area (Å²) in [6.07, 6.45) is 1.01. The fraction of sp³-hybridized carbons (Fsp3) is 0.368. The number of rotatable bonds is 6. The fourth-order valence-electron chi connectivity index (χ4n) is 3.29. The summed E-state index contributed by atoms with van der Waals surface area (Å²) in [4.78, 5) is 0. The van der Waals surface area contributed by atoms with Crippen molar-refractivity contribution >= 4 is 22.4 Å². The Morgan fingerprint density at radius 3 is 2.63 bits per heavy atom. The van der Waals surface area contributed by atoms with Crippen LogP contribution in [0.2, 0.25) is 0 Å². The number of benzene rings is 2. The largest absolute Gasteiger partial charge is 0.312 e. The highest BCUT2D eigenvalue weighted by Gasteiger charge is 2.30. The van der Waals surface area contributed by atoms with Crippen LogP contribution in [0.25, 0.3) is 11.1 Å². The van der Waals surface area contributed by atoms with Crippen LogP contribution in [0.3, 0.4) is 0 Å². The van der Waals surface area contributed by atoms with Gasteiger partial charge in [-0.05, 0) is 49.6 Å². The van der Waals surface area contributed by atoms with Gasteiger partial charge in [0.2, 0.25) is 10.0 Å². The van der Waals surface area contributed by atoms with Crippen molar-refractivity contribution in [3.63, 3.8) is 0 Å². The molecule has 1 aliphatic rings. The monoisotopic (exact) mass is 416 g/mol. The van der Waals surface area contributed by atoms with E-state index in [0.717, 1.165) is 0 Å². The second kappa shape index (κ2) is 9.10. The first-order valence-corrected chi connectivity index (χ1v) is 10.3. The summed E-state index contributed by atoms with van der Waals surface area (Å²) < 4.78 is 54.8. The molecule has 0 saturated carbocycles. The smallest absolute Gasteiger partial charge is 0.211 e. The van der Waals surface area contributed by atoms with Gasteiger partial charge < -0.3 is 5.32 Å². The van der Waals surface area contributed by atoms with Gasteiger partial charge in [0.15, 0.2) is 0 Å². The predicted molar refractivity (Wildman–Crippen MR) is 106 cm³/mol. The zero-order chi connectivity index (χ0) is 18.7. The fourth-order valence-corrected chi connectivity index (χ4v) is 4.20. The van der Waals surface area contributed by atoms with E-state index in [2.05, 4.69) is 10.0 Å². The van der Waals surface area contributed by atoms with Gasteiger partial charge in [0.05, 0.1) is 5.75 Å². The second-order valence-electron chi connectivity index (χ2n) is 6.47. The Balaban J connectivity index is 0.00000261. The lowest BCUT2D eigenvalue weighted by atomic mass is 9.96. The first kappa shape index (κ1) is 21.8. The number of hydrogen-bond acceptors (Lipinski definition) is 3. The number of halogens is 3. The van der Waals surface area contributed by atoms with Gasteiger partial charge in [-0.15, -0.1) is 12.4 Å². The van der Waals surface area contributed by atoms with E-state index in [-0.39, 0.29) is 30.2 Å². The number of sulfonamides is 1.